The third-order valence-corrected chi connectivity index (χ3v) is 2.99. The first-order valence-electron chi connectivity index (χ1n) is 6.45. The van der Waals surface area contributed by atoms with E-state index in [-0.39, 0.29) is 18.8 Å². The van der Waals surface area contributed by atoms with Crippen LogP contribution in [-0.4, -0.2) is 50.2 Å². The van der Waals surface area contributed by atoms with Crippen LogP contribution < -0.4 is 17.2 Å². The molecule has 0 aromatic carbocycles. The number of nitrogens with two attached hydrogens (primary N) is 2. The van der Waals surface area contributed by atoms with Crippen LogP contribution in [0, 0.1) is 11.8 Å². The van der Waals surface area contributed by atoms with E-state index in [1.807, 2.05) is 0 Å². The van der Waals surface area contributed by atoms with Gasteiger partial charge in [0.2, 0.25) is 0 Å². The Labute approximate surface area is 122 Å². The number of anilines is 1. The maximum absolute atomic E-state index is 11.8. The Hall–Kier alpha value is -1.92. The Balaban J connectivity index is 3.04. The van der Waals surface area contributed by atoms with Gasteiger partial charge in [-0.2, -0.15) is 4.98 Å². The van der Waals surface area contributed by atoms with E-state index in [1.54, 1.807) is 6.92 Å². The van der Waals surface area contributed by atoms with Gasteiger partial charge in [-0.25, -0.2) is 4.79 Å². The molecule has 0 aliphatic heterocycles. The summed E-state index contributed by atoms with van der Waals surface area (Å²) < 4.78 is 1.27. The van der Waals surface area contributed by atoms with Gasteiger partial charge in [0.25, 0.3) is 0 Å². The highest BCUT2D eigenvalue weighted by Crippen LogP contribution is 2.15. The summed E-state index contributed by atoms with van der Waals surface area (Å²) in [6, 6.07) is -0.458. The van der Waals surface area contributed by atoms with Gasteiger partial charge in [-0.15, -0.1) is 0 Å². The van der Waals surface area contributed by atoms with Crippen LogP contribution in [0.25, 0.3) is 0 Å². The van der Waals surface area contributed by atoms with Crippen LogP contribution in [0.4, 0.5) is 5.82 Å². The van der Waals surface area contributed by atoms with Crippen molar-refractivity contribution in [3.05, 3.63) is 22.2 Å². The quantitative estimate of drug-likeness (QED) is 0.387. The van der Waals surface area contributed by atoms with Crippen LogP contribution in [0.3, 0.4) is 0 Å². The molecule has 21 heavy (non-hydrogen) atoms. The predicted molar refractivity (Wildman–Crippen MR) is 77.3 cm³/mol. The third kappa shape index (κ3) is 4.54. The highest BCUT2D eigenvalue weighted by Gasteiger charge is 2.20. The molecule has 1 heterocycles. The van der Waals surface area contributed by atoms with E-state index in [1.165, 1.54) is 10.8 Å². The first-order chi connectivity index (χ1) is 9.90. The highest BCUT2D eigenvalue weighted by atomic mass is 16.4. The fourth-order valence-electron chi connectivity index (χ4n) is 1.78. The second-order valence-corrected chi connectivity index (χ2v) is 4.64. The number of hydrogen-bond acceptors (Lipinski definition) is 7. The molecule has 1 aromatic heterocycles. The molecule has 1 aromatic rings. The standard InChI is InChI=1S/C13H20N4O4/c1-8(5-10(19)11(20)7-18)17-6-9(3-2-4-14)12(15)16-13(17)21/h6,8,10-11,18-20H,4-5,7,14H2,1H3,(H2,15,16,21)/t8-,10?,11-/m1/s1. The van der Waals surface area contributed by atoms with Gasteiger partial charge in [-0.05, 0) is 13.3 Å². The smallest absolute Gasteiger partial charge is 0.349 e. The monoisotopic (exact) mass is 296 g/mol. The fourth-order valence-corrected chi connectivity index (χ4v) is 1.78. The lowest BCUT2D eigenvalue weighted by Crippen LogP contribution is -2.34. The summed E-state index contributed by atoms with van der Waals surface area (Å²) in [7, 11) is 0. The number of rotatable bonds is 5. The molecular formula is C13H20N4O4. The summed E-state index contributed by atoms with van der Waals surface area (Å²) in [6.45, 7) is 1.26. The maximum atomic E-state index is 11.8. The summed E-state index contributed by atoms with van der Waals surface area (Å²) in [6.07, 6.45) is -0.915. The van der Waals surface area contributed by atoms with Crippen LogP contribution in [0.5, 0.6) is 0 Å². The normalized spacial score (nSPS) is 14.9. The van der Waals surface area contributed by atoms with Gasteiger partial charge < -0.3 is 26.8 Å². The zero-order valence-electron chi connectivity index (χ0n) is 11.7. The minimum absolute atomic E-state index is 0.0142. The Morgan fingerprint density at radius 3 is 2.67 bits per heavy atom. The lowest BCUT2D eigenvalue weighted by Gasteiger charge is -2.21. The minimum atomic E-state index is -1.26. The topological polar surface area (TPSA) is 148 Å². The van der Waals surface area contributed by atoms with Gasteiger partial charge in [0.1, 0.15) is 11.9 Å². The molecule has 8 heteroatoms. The van der Waals surface area contributed by atoms with Gasteiger partial charge in [-0.1, -0.05) is 11.8 Å². The van der Waals surface area contributed by atoms with E-state index >= 15 is 0 Å². The summed E-state index contributed by atoms with van der Waals surface area (Å²) >= 11 is 0. The first-order valence-corrected chi connectivity index (χ1v) is 6.45. The van der Waals surface area contributed by atoms with Crippen LogP contribution in [0.1, 0.15) is 24.9 Å². The lowest BCUT2D eigenvalue weighted by molar-refractivity contribution is -0.0231. The molecule has 0 radical (unpaired) electrons. The van der Waals surface area contributed by atoms with Gasteiger partial charge in [0.05, 0.1) is 24.8 Å². The van der Waals surface area contributed by atoms with Gasteiger partial charge in [0, 0.05) is 12.2 Å². The van der Waals surface area contributed by atoms with E-state index < -0.39 is 30.5 Å². The summed E-state index contributed by atoms with van der Waals surface area (Å²) in [5.41, 5.74) is 10.7. The van der Waals surface area contributed by atoms with E-state index in [9.17, 15) is 15.0 Å². The molecule has 0 aliphatic rings. The summed E-state index contributed by atoms with van der Waals surface area (Å²) in [4.78, 5) is 15.5. The number of aromatic nitrogens is 2. The van der Waals surface area contributed by atoms with E-state index in [2.05, 4.69) is 16.8 Å². The van der Waals surface area contributed by atoms with Gasteiger partial charge in [0.15, 0.2) is 0 Å². The average Bonchev–Trinajstić information content (AvgIpc) is 2.45. The molecule has 8 nitrogen and oxygen atoms in total. The summed E-state index contributed by atoms with van der Waals surface area (Å²) in [5.74, 6) is 5.34. The maximum Gasteiger partial charge on any atom is 0.349 e. The zero-order chi connectivity index (χ0) is 16.0. The number of hydrogen-bond donors (Lipinski definition) is 5. The van der Waals surface area contributed by atoms with Crippen molar-refractivity contribution in [1.29, 1.82) is 0 Å². The Morgan fingerprint density at radius 2 is 2.10 bits per heavy atom. The van der Waals surface area contributed by atoms with Gasteiger partial charge in [-0.3, -0.25) is 4.57 Å². The first kappa shape index (κ1) is 17.1. The molecule has 0 fully saturated rings. The van der Waals surface area contributed by atoms with E-state index in [4.69, 9.17) is 16.6 Å². The predicted octanol–water partition coefficient (Wildman–Crippen LogP) is -2.20. The molecule has 0 aliphatic carbocycles. The van der Waals surface area contributed by atoms with E-state index in [0.29, 0.717) is 5.56 Å². The molecule has 7 N–H and O–H groups in total. The second kappa shape index (κ2) is 7.75. The molecule has 116 valence electrons. The largest absolute Gasteiger partial charge is 0.394 e. The van der Waals surface area contributed by atoms with Crippen LogP contribution >= 0.6 is 0 Å². The molecule has 0 saturated heterocycles. The summed E-state index contributed by atoms with van der Waals surface area (Å²) in [5, 5.41) is 27.8. The van der Waals surface area contributed by atoms with Crippen molar-refractivity contribution < 1.29 is 15.3 Å². The number of nitrogens with zero attached hydrogens (tertiary/aromatic N) is 2. The van der Waals surface area contributed by atoms with Crippen molar-refractivity contribution in [1.82, 2.24) is 9.55 Å². The SMILES string of the molecule is C[C@H](CC(O)[C@H](O)CO)n1cc(C#CCN)c(N)nc1=O. The van der Waals surface area contributed by atoms with Gasteiger partial charge >= 0.3 is 5.69 Å². The van der Waals surface area contributed by atoms with Crippen molar-refractivity contribution in [3.8, 4) is 11.8 Å². The number of nitrogen functional groups attached to an aromatic ring is 1. The molecule has 1 unspecified atom stereocenters. The van der Waals surface area contributed by atoms with Crippen molar-refractivity contribution in [3.63, 3.8) is 0 Å². The van der Waals surface area contributed by atoms with Crippen molar-refractivity contribution in [2.45, 2.75) is 31.6 Å². The highest BCUT2D eigenvalue weighted by molar-refractivity contribution is 5.49. The molecular weight excluding hydrogens is 276 g/mol. The molecule has 1 rings (SSSR count). The molecule has 3 atom stereocenters. The molecule has 0 amide bonds. The Kier molecular flexibility index (Phi) is 6.33. The molecule has 0 bridgehead atoms. The molecule has 0 spiro atoms. The van der Waals surface area contributed by atoms with Crippen LogP contribution in [0.15, 0.2) is 11.0 Å². The lowest BCUT2D eigenvalue weighted by atomic mass is 10.1. The van der Waals surface area contributed by atoms with Crippen molar-refractivity contribution in [2.24, 2.45) is 5.73 Å². The van der Waals surface area contributed by atoms with Crippen molar-refractivity contribution >= 4 is 5.82 Å². The second-order valence-electron chi connectivity index (χ2n) is 4.64. The minimum Gasteiger partial charge on any atom is -0.394 e. The Morgan fingerprint density at radius 1 is 1.43 bits per heavy atom. The van der Waals surface area contributed by atoms with Crippen LogP contribution in [0.2, 0.25) is 0 Å². The fraction of sp³-hybridized carbons (Fsp3) is 0.538. The average molecular weight is 296 g/mol. The zero-order valence-corrected chi connectivity index (χ0v) is 11.7. The van der Waals surface area contributed by atoms with E-state index in [0.717, 1.165) is 0 Å². The van der Waals surface area contributed by atoms with Crippen molar-refractivity contribution in [2.75, 3.05) is 18.9 Å². The number of aliphatic hydroxyl groups excluding tert-OH is 3. The number of aliphatic hydroxyl groups is 3. The Bertz CT molecular complexity index is 590. The third-order valence-electron chi connectivity index (χ3n) is 2.99. The molecule has 0 saturated carbocycles. The van der Waals surface area contributed by atoms with Crippen LogP contribution in [-0.2, 0) is 0 Å².